The van der Waals surface area contributed by atoms with Crippen molar-refractivity contribution in [3.8, 4) is 5.75 Å². The quantitative estimate of drug-likeness (QED) is 0.470. The molecule has 1 aromatic carbocycles. The van der Waals surface area contributed by atoms with Crippen molar-refractivity contribution in [2.45, 2.75) is 39.0 Å². The van der Waals surface area contributed by atoms with Crippen LogP contribution in [0.3, 0.4) is 0 Å². The van der Waals surface area contributed by atoms with Crippen molar-refractivity contribution in [2.75, 3.05) is 7.11 Å². The van der Waals surface area contributed by atoms with Gasteiger partial charge in [0.05, 0.1) is 12.5 Å². The van der Waals surface area contributed by atoms with E-state index >= 15 is 0 Å². The van der Waals surface area contributed by atoms with E-state index in [2.05, 4.69) is 11.9 Å². The molecule has 4 heteroatoms. The zero-order valence-corrected chi connectivity index (χ0v) is 14.7. The minimum Gasteiger partial charge on any atom is -0.496 e. The summed E-state index contributed by atoms with van der Waals surface area (Å²) in [5.74, 6) is 0.750. The molecule has 25 heavy (non-hydrogen) atoms. The molecule has 3 rings (SSSR count). The predicted molar refractivity (Wildman–Crippen MR) is 99.3 cm³/mol. The van der Waals surface area contributed by atoms with Crippen molar-refractivity contribution < 1.29 is 9.15 Å². The summed E-state index contributed by atoms with van der Waals surface area (Å²) in [7, 11) is 1.65. The third-order valence-corrected chi connectivity index (χ3v) is 4.35. The Labute approximate surface area is 147 Å². The van der Waals surface area contributed by atoms with Crippen LogP contribution >= 0.6 is 0 Å². The van der Waals surface area contributed by atoms with Crippen LogP contribution in [-0.2, 0) is 12.8 Å². The number of pyridine rings is 1. The number of hydrogen-bond donors (Lipinski definition) is 0. The van der Waals surface area contributed by atoms with Crippen LogP contribution in [0.25, 0.3) is 11.0 Å². The van der Waals surface area contributed by atoms with Crippen molar-refractivity contribution in [1.82, 2.24) is 4.98 Å². The Morgan fingerprint density at radius 3 is 2.76 bits per heavy atom. The van der Waals surface area contributed by atoms with Gasteiger partial charge in [0, 0.05) is 24.4 Å². The van der Waals surface area contributed by atoms with Crippen LogP contribution in [0.2, 0.25) is 0 Å². The number of nitrogens with zero attached hydrogens (tertiary/aromatic N) is 1. The number of methoxy groups -OCH3 is 1. The van der Waals surface area contributed by atoms with Crippen LogP contribution in [0, 0.1) is 0 Å². The summed E-state index contributed by atoms with van der Waals surface area (Å²) in [6, 6.07) is 9.70. The zero-order chi connectivity index (χ0) is 17.6. The van der Waals surface area contributed by atoms with Crippen molar-refractivity contribution in [3.63, 3.8) is 0 Å². The van der Waals surface area contributed by atoms with Gasteiger partial charge in [-0.2, -0.15) is 0 Å². The number of fused-ring (bicyclic) bond motifs is 1. The minimum absolute atomic E-state index is 0.302. The van der Waals surface area contributed by atoms with E-state index in [0.717, 1.165) is 35.1 Å². The predicted octanol–water partition coefficient (Wildman–Crippen LogP) is 4.52. The maximum Gasteiger partial charge on any atom is 0.339 e. The van der Waals surface area contributed by atoms with E-state index in [4.69, 9.17) is 9.15 Å². The number of aromatic nitrogens is 1. The highest BCUT2D eigenvalue weighted by atomic mass is 16.5. The molecule has 0 aliphatic heterocycles. The molecular weight excluding hydrogens is 314 g/mol. The van der Waals surface area contributed by atoms with Gasteiger partial charge in [-0.15, -0.1) is 0 Å². The number of ether oxygens (including phenoxy) is 1. The first-order valence-electron chi connectivity index (χ1n) is 8.73. The van der Waals surface area contributed by atoms with Crippen LogP contribution in [-0.4, -0.2) is 12.1 Å². The van der Waals surface area contributed by atoms with Gasteiger partial charge in [-0.25, -0.2) is 4.79 Å². The van der Waals surface area contributed by atoms with Gasteiger partial charge < -0.3 is 9.15 Å². The summed E-state index contributed by atoms with van der Waals surface area (Å²) in [4.78, 5) is 16.5. The molecule has 0 N–H and O–H groups in total. The SMILES string of the molecule is CCCCCc1cc(OC)c2cc(Cc3cccnc3)c(=O)oc2c1. The van der Waals surface area contributed by atoms with Crippen LogP contribution in [0.15, 0.2) is 51.9 Å². The fourth-order valence-corrected chi connectivity index (χ4v) is 3.02. The molecule has 0 aliphatic carbocycles. The normalized spacial score (nSPS) is 11.0. The first kappa shape index (κ1) is 17.2. The van der Waals surface area contributed by atoms with Gasteiger partial charge in [0.25, 0.3) is 0 Å². The van der Waals surface area contributed by atoms with Crippen LogP contribution in [0.4, 0.5) is 0 Å². The highest BCUT2D eigenvalue weighted by Gasteiger charge is 2.12. The molecule has 0 aliphatic rings. The second kappa shape index (κ2) is 7.97. The van der Waals surface area contributed by atoms with Crippen LogP contribution < -0.4 is 10.4 Å². The topological polar surface area (TPSA) is 52.3 Å². The molecule has 4 nitrogen and oxygen atoms in total. The standard InChI is InChI=1S/C21H23NO3/c1-3-4-5-7-15-11-19(24-2)18-13-17(21(23)25-20(18)12-15)10-16-8-6-9-22-14-16/h6,8-9,11-14H,3-5,7,10H2,1-2H3. The van der Waals surface area contributed by atoms with E-state index in [1.807, 2.05) is 30.3 Å². The van der Waals surface area contributed by atoms with E-state index in [1.165, 1.54) is 12.8 Å². The fourth-order valence-electron chi connectivity index (χ4n) is 3.02. The van der Waals surface area contributed by atoms with Gasteiger partial charge in [0.15, 0.2) is 0 Å². The van der Waals surface area contributed by atoms with Gasteiger partial charge in [-0.1, -0.05) is 25.8 Å². The minimum atomic E-state index is -0.302. The van der Waals surface area contributed by atoms with E-state index in [-0.39, 0.29) is 5.63 Å². The second-order valence-corrected chi connectivity index (χ2v) is 6.26. The maximum absolute atomic E-state index is 12.4. The highest BCUT2D eigenvalue weighted by Crippen LogP contribution is 2.28. The number of benzene rings is 1. The smallest absolute Gasteiger partial charge is 0.339 e. The Kier molecular flexibility index (Phi) is 5.49. The monoisotopic (exact) mass is 337 g/mol. The van der Waals surface area contributed by atoms with Crippen molar-refractivity contribution in [1.29, 1.82) is 0 Å². The Morgan fingerprint density at radius 1 is 1.16 bits per heavy atom. The van der Waals surface area contributed by atoms with E-state index < -0.39 is 0 Å². The Morgan fingerprint density at radius 2 is 2.04 bits per heavy atom. The molecular formula is C21H23NO3. The number of unbranched alkanes of at least 4 members (excludes halogenated alkanes) is 2. The van der Waals surface area contributed by atoms with Gasteiger partial charge in [0.1, 0.15) is 11.3 Å². The van der Waals surface area contributed by atoms with Gasteiger partial charge in [-0.05, 0) is 48.2 Å². The van der Waals surface area contributed by atoms with Gasteiger partial charge >= 0.3 is 5.63 Å². The van der Waals surface area contributed by atoms with Crippen molar-refractivity contribution >= 4 is 11.0 Å². The van der Waals surface area contributed by atoms with Crippen LogP contribution in [0.1, 0.15) is 42.9 Å². The summed E-state index contributed by atoms with van der Waals surface area (Å²) < 4.78 is 11.1. The molecule has 0 atom stereocenters. The first-order valence-corrected chi connectivity index (χ1v) is 8.73. The van der Waals surface area contributed by atoms with E-state index in [0.29, 0.717) is 17.6 Å². The number of aryl methyl sites for hydroxylation is 1. The lowest BCUT2D eigenvalue weighted by Gasteiger charge is -2.10. The molecule has 0 amide bonds. The molecule has 3 aromatic rings. The number of hydrogen-bond acceptors (Lipinski definition) is 4. The van der Waals surface area contributed by atoms with Crippen molar-refractivity contribution in [3.05, 3.63) is 69.8 Å². The largest absolute Gasteiger partial charge is 0.496 e. The third kappa shape index (κ3) is 4.08. The molecule has 0 unspecified atom stereocenters. The molecule has 0 bridgehead atoms. The lowest BCUT2D eigenvalue weighted by atomic mass is 10.0. The fraction of sp³-hybridized carbons (Fsp3) is 0.333. The molecule has 0 saturated heterocycles. The Hall–Kier alpha value is -2.62. The average Bonchev–Trinajstić information content (AvgIpc) is 2.63. The summed E-state index contributed by atoms with van der Waals surface area (Å²) in [6.45, 7) is 2.18. The van der Waals surface area contributed by atoms with Crippen LogP contribution in [0.5, 0.6) is 5.75 Å². The first-order chi connectivity index (χ1) is 12.2. The molecule has 2 aromatic heterocycles. The highest BCUT2D eigenvalue weighted by molar-refractivity contribution is 5.84. The molecule has 0 spiro atoms. The molecule has 0 saturated carbocycles. The summed E-state index contributed by atoms with van der Waals surface area (Å²) in [5, 5.41) is 0.834. The lowest BCUT2D eigenvalue weighted by Crippen LogP contribution is -2.08. The molecule has 0 radical (unpaired) electrons. The van der Waals surface area contributed by atoms with E-state index in [1.54, 1.807) is 19.5 Å². The zero-order valence-electron chi connectivity index (χ0n) is 14.7. The third-order valence-electron chi connectivity index (χ3n) is 4.35. The summed E-state index contributed by atoms with van der Waals surface area (Å²) in [6.07, 6.45) is 8.42. The van der Waals surface area contributed by atoms with Gasteiger partial charge in [-0.3, -0.25) is 4.98 Å². The Balaban J connectivity index is 1.98. The lowest BCUT2D eigenvalue weighted by molar-refractivity contribution is 0.418. The number of rotatable bonds is 7. The Bertz CT molecular complexity index is 900. The summed E-state index contributed by atoms with van der Waals surface area (Å²) in [5.41, 5.74) is 3.01. The maximum atomic E-state index is 12.4. The molecule has 0 fully saturated rings. The summed E-state index contributed by atoms with van der Waals surface area (Å²) >= 11 is 0. The second-order valence-electron chi connectivity index (χ2n) is 6.26. The van der Waals surface area contributed by atoms with E-state index in [9.17, 15) is 4.79 Å². The molecule has 130 valence electrons. The van der Waals surface area contributed by atoms with Crippen molar-refractivity contribution in [2.24, 2.45) is 0 Å². The van der Waals surface area contributed by atoms with Gasteiger partial charge in [0.2, 0.25) is 0 Å². The average molecular weight is 337 g/mol. The molecule has 2 heterocycles.